The van der Waals surface area contributed by atoms with E-state index >= 15 is 0 Å². The van der Waals surface area contributed by atoms with Crippen LogP contribution in [0.1, 0.15) is 22.3 Å². The summed E-state index contributed by atoms with van der Waals surface area (Å²) in [6.45, 7) is 0.728. The zero-order chi connectivity index (χ0) is 19.4. The average Bonchev–Trinajstić information content (AvgIpc) is 3.04. The molecule has 1 saturated heterocycles. The van der Waals surface area contributed by atoms with Crippen LogP contribution in [0.25, 0.3) is 0 Å². The summed E-state index contributed by atoms with van der Waals surface area (Å²) in [5, 5.41) is 3.39. The van der Waals surface area contributed by atoms with Crippen LogP contribution < -0.4 is 5.32 Å². The standard InChI is InChI=1S/C20H19ClN2O4/c1-27-20(26)13-6-8-16(9-7-13)22-19(25)15-10-18(24)23(12-15)11-14-4-2-3-5-17(14)21/h2-9,15H,10-12H2,1H3,(H,22,25)/t15-/m0/s1. The van der Waals surface area contributed by atoms with E-state index in [0.717, 1.165) is 5.56 Å². The lowest BCUT2D eigenvalue weighted by atomic mass is 10.1. The van der Waals surface area contributed by atoms with Crippen molar-refractivity contribution in [2.45, 2.75) is 13.0 Å². The first-order valence-corrected chi connectivity index (χ1v) is 8.86. The molecule has 1 fully saturated rings. The minimum atomic E-state index is -0.440. The van der Waals surface area contributed by atoms with Crippen LogP contribution >= 0.6 is 11.6 Å². The van der Waals surface area contributed by atoms with Crippen molar-refractivity contribution in [3.05, 3.63) is 64.7 Å². The van der Waals surface area contributed by atoms with Crippen LogP contribution in [-0.2, 0) is 20.9 Å². The molecule has 0 saturated carbocycles. The molecule has 7 heteroatoms. The number of carbonyl (C=O) groups excluding carboxylic acids is 3. The maximum absolute atomic E-state index is 12.5. The third kappa shape index (κ3) is 4.46. The Morgan fingerprint density at radius 3 is 2.56 bits per heavy atom. The Hall–Kier alpha value is -2.86. The van der Waals surface area contributed by atoms with Crippen molar-refractivity contribution in [2.24, 2.45) is 5.92 Å². The molecule has 2 aromatic carbocycles. The summed E-state index contributed by atoms with van der Waals surface area (Å²) in [4.78, 5) is 37.8. The summed E-state index contributed by atoms with van der Waals surface area (Å²) in [5.41, 5.74) is 1.81. The molecule has 27 heavy (non-hydrogen) atoms. The van der Waals surface area contributed by atoms with Gasteiger partial charge in [-0.3, -0.25) is 9.59 Å². The molecule has 6 nitrogen and oxygen atoms in total. The molecule has 1 heterocycles. The molecular weight excluding hydrogens is 368 g/mol. The quantitative estimate of drug-likeness (QED) is 0.801. The van der Waals surface area contributed by atoms with E-state index in [-0.39, 0.29) is 18.2 Å². The first-order valence-electron chi connectivity index (χ1n) is 8.48. The summed E-state index contributed by atoms with van der Waals surface area (Å²) < 4.78 is 4.64. The number of nitrogens with zero attached hydrogens (tertiary/aromatic N) is 1. The number of ether oxygens (including phenoxy) is 1. The minimum absolute atomic E-state index is 0.0730. The molecule has 2 aromatic rings. The van der Waals surface area contributed by atoms with Crippen LogP contribution in [0.4, 0.5) is 5.69 Å². The largest absolute Gasteiger partial charge is 0.465 e. The van der Waals surface area contributed by atoms with Crippen LogP contribution in [0.3, 0.4) is 0 Å². The van der Waals surface area contributed by atoms with Crippen molar-refractivity contribution in [1.82, 2.24) is 4.90 Å². The van der Waals surface area contributed by atoms with Gasteiger partial charge in [-0.05, 0) is 35.9 Å². The molecule has 1 aliphatic rings. The average molecular weight is 387 g/mol. The first kappa shape index (κ1) is 18.9. The molecule has 1 N–H and O–H groups in total. The highest BCUT2D eigenvalue weighted by molar-refractivity contribution is 6.31. The normalized spacial score (nSPS) is 16.3. The van der Waals surface area contributed by atoms with Crippen LogP contribution in [0.5, 0.6) is 0 Å². The second-order valence-corrected chi connectivity index (χ2v) is 6.73. The summed E-state index contributed by atoms with van der Waals surface area (Å²) in [6, 6.07) is 13.7. The molecule has 2 amide bonds. The number of carbonyl (C=O) groups is 3. The summed E-state index contributed by atoms with van der Waals surface area (Å²) in [5.74, 6) is -1.17. The molecular formula is C20H19ClN2O4. The molecule has 0 spiro atoms. The number of esters is 1. The number of anilines is 1. The number of benzene rings is 2. The zero-order valence-electron chi connectivity index (χ0n) is 14.8. The van der Waals surface area contributed by atoms with Gasteiger partial charge >= 0.3 is 5.97 Å². The first-order chi connectivity index (χ1) is 13.0. The van der Waals surface area contributed by atoms with Crippen molar-refractivity contribution < 1.29 is 19.1 Å². The van der Waals surface area contributed by atoms with Gasteiger partial charge in [0, 0.05) is 30.2 Å². The number of hydrogen-bond acceptors (Lipinski definition) is 4. The molecule has 140 valence electrons. The lowest BCUT2D eigenvalue weighted by Crippen LogP contribution is -2.28. The van der Waals surface area contributed by atoms with Gasteiger partial charge in [-0.25, -0.2) is 4.79 Å². The predicted octanol–water partition coefficient (Wildman–Crippen LogP) is 3.11. The molecule has 3 rings (SSSR count). The minimum Gasteiger partial charge on any atom is -0.465 e. The summed E-state index contributed by atoms with van der Waals surface area (Å²) in [7, 11) is 1.31. The molecule has 0 radical (unpaired) electrons. The predicted molar refractivity (Wildman–Crippen MR) is 101 cm³/mol. The third-order valence-electron chi connectivity index (χ3n) is 4.48. The Bertz CT molecular complexity index is 867. The van der Waals surface area contributed by atoms with Gasteiger partial charge in [-0.1, -0.05) is 29.8 Å². The third-order valence-corrected chi connectivity index (χ3v) is 4.85. The number of rotatable bonds is 5. The Morgan fingerprint density at radius 2 is 1.89 bits per heavy atom. The molecule has 0 aliphatic carbocycles. The monoisotopic (exact) mass is 386 g/mol. The molecule has 0 unspecified atom stereocenters. The van der Waals surface area contributed by atoms with E-state index in [4.69, 9.17) is 11.6 Å². The van der Waals surface area contributed by atoms with E-state index in [0.29, 0.717) is 29.4 Å². The molecule has 1 atom stereocenters. The fourth-order valence-corrected chi connectivity index (χ4v) is 3.18. The Balaban J connectivity index is 1.60. The molecule has 1 aliphatic heterocycles. The van der Waals surface area contributed by atoms with E-state index in [9.17, 15) is 14.4 Å². The highest BCUT2D eigenvalue weighted by atomic mass is 35.5. The highest BCUT2D eigenvalue weighted by Gasteiger charge is 2.34. The van der Waals surface area contributed by atoms with E-state index in [1.165, 1.54) is 7.11 Å². The van der Waals surface area contributed by atoms with E-state index < -0.39 is 11.9 Å². The lowest BCUT2D eigenvalue weighted by Gasteiger charge is -2.17. The number of methoxy groups -OCH3 is 1. The SMILES string of the molecule is COC(=O)c1ccc(NC(=O)[C@H]2CC(=O)N(Cc3ccccc3Cl)C2)cc1. The van der Waals surface area contributed by atoms with E-state index in [1.54, 1.807) is 35.2 Å². The number of hydrogen-bond donors (Lipinski definition) is 1. The van der Waals surface area contributed by atoms with Crippen LogP contribution in [-0.4, -0.2) is 36.3 Å². The fourth-order valence-electron chi connectivity index (χ4n) is 2.98. The highest BCUT2D eigenvalue weighted by Crippen LogP contribution is 2.24. The Kier molecular flexibility index (Phi) is 5.76. The maximum Gasteiger partial charge on any atom is 0.337 e. The molecule has 0 bridgehead atoms. The van der Waals surface area contributed by atoms with Gasteiger partial charge in [0.2, 0.25) is 11.8 Å². The van der Waals surface area contributed by atoms with Gasteiger partial charge in [0.15, 0.2) is 0 Å². The van der Waals surface area contributed by atoms with Gasteiger partial charge in [-0.2, -0.15) is 0 Å². The lowest BCUT2D eigenvalue weighted by molar-refractivity contribution is -0.128. The van der Waals surface area contributed by atoms with Gasteiger partial charge in [-0.15, -0.1) is 0 Å². The van der Waals surface area contributed by atoms with E-state index in [1.807, 2.05) is 18.2 Å². The maximum atomic E-state index is 12.5. The van der Waals surface area contributed by atoms with Crippen LogP contribution in [0.15, 0.2) is 48.5 Å². The fraction of sp³-hybridized carbons (Fsp3) is 0.250. The smallest absolute Gasteiger partial charge is 0.337 e. The number of likely N-dealkylation sites (tertiary alicyclic amines) is 1. The molecule has 0 aromatic heterocycles. The van der Waals surface area contributed by atoms with Crippen molar-refractivity contribution in [3.8, 4) is 0 Å². The van der Waals surface area contributed by atoms with Crippen molar-refractivity contribution in [1.29, 1.82) is 0 Å². The summed E-state index contributed by atoms with van der Waals surface area (Å²) >= 11 is 6.15. The second kappa shape index (κ2) is 8.22. The Morgan fingerprint density at radius 1 is 1.19 bits per heavy atom. The van der Waals surface area contributed by atoms with E-state index in [2.05, 4.69) is 10.1 Å². The van der Waals surface area contributed by atoms with Gasteiger partial charge < -0.3 is 15.0 Å². The second-order valence-electron chi connectivity index (χ2n) is 6.32. The number of halogens is 1. The summed E-state index contributed by atoms with van der Waals surface area (Å²) in [6.07, 6.45) is 0.163. The van der Waals surface area contributed by atoms with Crippen LogP contribution in [0.2, 0.25) is 5.02 Å². The van der Waals surface area contributed by atoms with Crippen molar-refractivity contribution >= 4 is 35.1 Å². The zero-order valence-corrected chi connectivity index (χ0v) is 15.5. The van der Waals surface area contributed by atoms with Crippen molar-refractivity contribution in [2.75, 3.05) is 19.0 Å². The van der Waals surface area contributed by atoms with Crippen LogP contribution in [0, 0.1) is 5.92 Å². The number of nitrogens with one attached hydrogen (secondary N) is 1. The number of amides is 2. The van der Waals surface area contributed by atoms with Gasteiger partial charge in [0.05, 0.1) is 18.6 Å². The Labute approximate surface area is 162 Å². The van der Waals surface area contributed by atoms with Gasteiger partial charge in [0.25, 0.3) is 0 Å². The topological polar surface area (TPSA) is 75.7 Å². The van der Waals surface area contributed by atoms with Gasteiger partial charge in [0.1, 0.15) is 0 Å². The van der Waals surface area contributed by atoms with Crippen molar-refractivity contribution in [3.63, 3.8) is 0 Å².